The lowest BCUT2D eigenvalue weighted by atomic mass is 9.98. The standard InChI is InChI=1S/C30H25N3O5S/c1-3-9-24-31-32-30(39-24)33-26(25-27(34)20-12-7-8-13-21(20)38-28(25)29(33)35)19-14-15-22(23(16-19)36-2)37-17-18-10-5-4-6-11-18/h4-8,10-16,26H,3,9,17H2,1-2H3. The van der Waals surface area contributed by atoms with E-state index < -0.39 is 11.9 Å². The number of hydrogen-bond donors (Lipinski definition) is 0. The largest absolute Gasteiger partial charge is 0.493 e. The molecule has 0 fully saturated rings. The molecule has 1 unspecified atom stereocenters. The van der Waals surface area contributed by atoms with Gasteiger partial charge in [0, 0.05) is 6.42 Å². The average molecular weight is 540 g/mol. The monoisotopic (exact) mass is 539 g/mol. The lowest BCUT2D eigenvalue weighted by Crippen LogP contribution is -2.29. The number of aromatic nitrogens is 2. The maximum absolute atomic E-state index is 13.8. The molecule has 0 saturated heterocycles. The molecule has 2 aromatic heterocycles. The fourth-order valence-corrected chi connectivity index (χ4v) is 5.77. The van der Waals surface area contributed by atoms with E-state index in [0.29, 0.717) is 39.8 Å². The molecular weight excluding hydrogens is 514 g/mol. The number of rotatable bonds is 8. The van der Waals surface area contributed by atoms with Crippen LogP contribution < -0.4 is 19.8 Å². The molecule has 9 heteroatoms. The number of hydrogen-bond acceptors (Lipinski definition) is 8. The van der Waals surface area contributed by atoms with Gasteiger partial charge >= 0.3 is 0 Å². The van der Waals surface area contributed by atoms with E-state index in [9.17, 15) is 9.59 Å². The van der Waals surface area contributed by atoms with Crippen LogP contribution in [0.3, 0.4) is 0 Å². The van der Waals surface area contributed by atoms with Crippen molar-refractivity contribution < 1.29 is 18.7 Å². The maximum atomic E-state index is 13.8. The first kappa shape index (κ1) is 24.8. The number of ether oxygens (including phenoxy) is 2. The molecule has 0 aliphatic carbocycles. The van der Waals surface area contributed by atoms with E-state index in [1.807, 2.05) is 36.4 Å². The van der Waals surface area contributed by atoms with Crippen LogP contribution in [0.1, 0.15) is 51.6 Å². The molecule has 39 heavy (non-hydrogen) atoms. The second kappa shape index (κ2) is 10.3. The highest BCUT2D eigenvalue weighted by Crippen LogP contribution is 2.44. The van der Waals surface area contributed by atoms with Crippen LogP contribution in [0.25, 0.3) is 11.0 Å². The summed E-state index contributed by atoms with van der Waals surface area (Å²) in [6, 6.07) is 21.4. The van der Waals surface area contributed by atoms with E-state index in [1.165, 1.54) is 16.2 Å². The Balaban J connectivity index is 1.47. The Kier molecular flexibility index (Phi) is 6.58. The molecule has 196 valence electrons. The number of methoxy groups -OCH3 is 1. The molecular formula is C30H25N3O5S. The van der Waals surface area contributed by atoms with Gasteiger partial charge in [0.2, 0.25) is 10.9 Å². The Morgan fingerprint density at radius 3 is 2.56 bits per heavy atom. The van der Waals surface area contributed by atoms with Crippen molar-refractivity contribution in [2.24, 2.45) is 0 Å². The van der Waals surface area contributed by atoms with Crippen molar-refractivity contribution in [2.45, 2.75) is 32.4 Å². The summed E-state index contributed by atoms with van der Waals surface area (Å²) in [5, 5.41) is 10.2. The van der Waals surface area contributed by atoms with Crippen LogP contribution in [0.15, 0.2) is 82.0 Å². The molecule has 6 rings (SSSR count). The van der Waals surface area contributed by atoms with Gasteiger partial charge in [-0.1, -0.05) is 66.8 Å². The minimum atomic E-state index is -0.771. The molecule has 0 saturated carbocycles. The SMILES string of the molecule is CCCc1nnc(N2C(=O)c3oc4ccccc4c(=O)c3C2c2ccc(OCc3ccccc3)c(OC)c2)s1. The lowest BCUT2D eigenvalue weighted by Gasteiger charge is -2.23. The first-order valence-electron chi connectivity index (χ1n) is 12.7. The average Bonchev–Trinajstić information content (AvgIpc) is 3.54. The Labute approximate surface area is 228 Å². The molecule has 3 heterocycles. The van der Waals surface area contributed by atoms with E-state index >= 15 is 0 Å². The van der Waals surface area contributed by atoms with Gasteiger partial charge in [0.05, 0.1) is 24.1 Å². The molecule has 3 aromatic carbocycles. The third kappa shape index (κ3) is 4.44. The number of para-hydroxylation sites is 1. The van der Waals surface area contributed by atoms with Gasteiger partial charge in [0.1, 0.15) is 17.2 Å². The highest BCUT2D eigenvalue weighted by atomic mass is 32.1. The van der Waals surface area contributed by atoms with Crippen molar-refractivity contribution in [3.05, 3.63) is 110 Å². The summed E-state index contributed by atoms with van der Waals surface area (Å²) < 4.78 is 17.7. The van der Waals surface area contributed by atoms with E-state index in [1.54, 1.807) is 43.5 Å². The molecule has 0 N–H and O–H groups in total. The summed E-state index contributed by atoms with van der Waals surface area (Å²) in [5.74, 6) is 0.617. The number of amides is 1. The van der Waals surface area contributed by atoms with Gasteiger partial charge in [0.25, 0.3) is 5.91 Å². The Bertz CT molecular complexity index is 1730. The highest BCUT2D eigenvalue weighted by molar-refractivity contribution is 7.15. The minimum absolute atomic E-state index is 0.0133. The van der Waals surface area contributed by atoms with Crippen LogP contribution in [-0.2, 0) is 13.0 Å². The minimum Gasteiger partial charge on any atom is -0.493 e. The van der Waals surface area contributed by atoms with Crippen LogP contribution >= 0.6 is 11.3 Å². The van der Waals surface area contributed by atoms with Gasteiger partial charge in [-0.15, -0.1) is 10.2 Å². The zero-order valence-corrected chi connectivity index (χ0v) is 22.2. The molecule has 5 aromatic rings. The number of nitrogens with zero attached hydrogens (tertiary/aromatic N) is 3. The van der Waals surface area contributed by atoms with Crippen molar-refractivity contribution in [3.63, 3.8) is 0 Å². The van der Waals surface area contributed by atoms with Crippen LogP contribution in [0.5, 0.6) is 11.5 Å². The van der Waals surface area contributed by atoms with E-state index in [-0.39, 0.29) is 16.8 Å². The van der Waals surface area contributed by atoms with Crippen molar-refractivity contribution in [1.82, 2.24) is 10.2 Å². The van der Waals surface area contributed by atoms with Crippen molar-refractivity contribution >= 4 is 33.3 Å². The van der Waals surface area contributed by atoms with Gasteiger partial charge in [0.15, 0.2) is 16.9 Å². The fraction of sp³-hybridized carbons (Fsp3) is 0.200. The molecule has 0 spiro atoms. The van der Waals surface area contributed by atoms with Gasteiger partial charge in [-0.2, -0.15) is 0 Å². The van der Waals surface area contributed by atoms with E-state index in [4.69, 9.17) is 13.9 Å². The smallest absolute Gasteiger partial charge is 0.297 e. The molecule has 1 aliphatic rings. The number of carbonyl (C=O) groups is 1. The Hall–Kier alpha value is -4.50. The maximum Gasteiger partial charge on any atom is 0.297 e. The zero-order chi connectivity index (χ0) is 26.9. The molecule has 1 aliphatic heterocycles. The van der Waals surface area contributed by atoms with Gasteiger partial charge < -0.3 is 13.9 Å². The molecule has 1 amide bonds. The third-order valence-electron chi connectivity index (χ3n) is 6.64. The second-order valence-corrected chi connectivity index (χ2v) is 10.2. The number of aryl methyl sites for hydroxylation is 1. The number of carbonyl (C=O) groups excluding carboxylic acids is 1. The summed E-state index contributed by atoms with van der Waals surface area (Å²) in [7, 11) is 1.56. The van der Waals surface area contributed by atoms with Crippen molar-refractivity contribution in [3.8, 4) is 11.5 Å². The van der Waals surface area contributed by atoms with E-state index in [2.05, 4.69) is 17.1 Å². The molecule has 0 radical (unpaired) electrons. The van der Waals surface area contributed by atoms with Crippen LogP contribution in [0.4, 0.5) is 5.13 Å². The topological polar surface area (TPSA) is 94.8 Å². The highest BCUT2D eigenvalue weighted by Gasteiger charge is 2.45. The summed E-state index contributed by atoms with van der Waals surface area (Å²) in [6.45, 7) is 2.43. The van der Waals surface area contributed by atoms with Crippen molar-refractivity contribution in [2.75, 3.05) is 12.0 Å². The first-order chi connectivity index (χ1) is 19.1. The molecule has 0 bridgehead atoms. The summed E-state index contributed by atoms with van der Waals surface area (Å²) >= 11 is 1.34. The number of benzene rings is 3. The summed E-state index contributed by atoms with van der Waals surface area (Å²) in [6.07, 6.45) is 1.65. The Morgan fingerprint density at radius 2 is 1.77 bits per heavy atom. The predicted octanol–water partition coefficient (Wildman–Crippen LogP) is 5.93. The molecule has 1 atom stereocenters. The van der Waals surface area contributed by atoms with Crippen molar-refractivity contribution in [1.29, 1.82) is 0 Å². The predicted molar refractivity (Wildman–Crippen MR) is 149 cm³/mol. The van der Waals surface area contributed by atoms with Crippen LogP contribution in [0, 0.1) is 0 Å². The lowest BCUT2D eigenvalue weighted by molar-refractivity contribution is 0.0970. The van der Waals surface area contributed by atoms with Gasteiger partial charge in [-0.3, -0.25) is 14.5 Å². The van der Waals surface area contributed by atoms with Crippen LogP contribution in [0.2, 0.25) is 0 Å². The normalized spacial score (nSPS) is 14.6. The number of anilines is 1. The summed E-state index contributed by atoms with van der Waals surface area (Å²) in [5.41, 5.74) is 2.07. The number of fused-ring (bicyclic) bond motifs is 2. The van der Waals surface area contributed by atoms with Gasteiger partial charge in [-0.05, 0) is 41.8 Å². The molecule has 8 nitrogen and oxygen atoms in total. The fourth-order valence-electron chi connectivity index (χ4n) is 4.80. The quantitative estimate of drug-likeness (QED) is 0.241. The zero-order valence-electron chi connectivity index (χ0n) is 21.4. The third-order valence-corrected chi connectivity index (χ3v) is 7.63. The first-order valence-corrected chi connectivity index (χ1v) is 13.5. The Morgan fingerprint density at radius 1 is 0.974 bits per heavy atom. The summed E-state index contributed by atoms with van der Waals surface area (Å²) in [4.78, 5) is 29.1. The second-order valence-electron chi connectivity index (χ2n) is 9.16. The van der Waals surface area contributed by atoms with Gasteiger partial charge in [-0.25, -0.2) is 0 Å². The van der Waals surface area contributed by atoms with Crippen LogP contribution in [-0.4, -0.2) is 23.2 Å². The van der Waals surface area contributed by atoms with E-state index in [0.717, 1.165) is 23.4 Å².